The van der Waals surface area contributed by atoms with E-state index in [1.165, 1.54) is 125 Å². The van der Waals surface area contributed by atoms with Gasteiger partial charge in [0.1, 0.15) is 0 Å². The number of hydrogen-bond donors (Lipinski definition) is 0. The SMILES string of the molecule is Cc1ccc(S(=O)(=O)N2Cc3c(C)c(C)c(B4N(Cc5ccccc5)c5cccc6cccc(c56)N4P(C4CCCCC4)C4CCCCC4)c(C)c3C2)cc1. The van der Waals surface area contributed by atoms with Crippen LogP contribution in [0.1, 0.15) is 103 Å². The van der Waals surface area contributed by atoms with Gasteiger partial charge in [-0.2, -0.15) is 4.31 Å². The average Bonchev–Trinajstić information content (AvgIpc) is 3.68. The number of sulfonamides is 1. The molecule has 5 aromatic carbocycles. The van der Waals surface area contributed by atoms with Gasteiger partial charge in [-0.3, -0.25) is 0 Å². The lowest BCUT2D eigenvalue weighted by molar-refractivity contribution is 0.431. The standard InChI is InChI=1S/C47H55BN3O2PS/c1-33-26-28-41(29-27-33)55(52,53)49-31-42-34(2)35(3)47(36(4)43(42)32-49)48-50(30-37-16-8-5-9-17-37)44-24-14-18-38-19-15-25-45(46(38)44)51(48)54(39-20-10-6-11-21-39)40-22-12-7-13-23-40/h5,8-9,14-19,24-29,39-40H,6-7,10-13,20-23,30-32H2,1-4H3. The Hall–Kier alpha value is -3.64. The normalized spacial score (nSPS) is 18.5. The first-order valence-electron chi connectivity index (χ1n) is 20.8. The lowest BCUT2D eigenvalue weighted by atomic mass is 9.58. The van der Waals surface area contributed by atoms with Crippen LogP contribution in [0.3, 0.4) is 0 Å². The molecule has 2 heterocycles. The predicted octanol–water partition coefficient (Wildman–Crippen LogP) is 11.1. The van der Waals surface area contributed by atoms with E-state index in [9.17, 15) is 8.42 Å². The summed E-state index contributed by atoms with van der Waals surface area (Å²) in [5.41, 5.74) is 14.1. The Morgan fingerprint density at radius 1 is 0.636 bits per heavy atom. The first-order valence-corrected chi connectivity index (χ1v) is 23.7. The Morgan fingerprint density at radius 3 is 1.84 bits per heavy atom. The Bertz CT molecular complexity index is 2300. The van der Waals surface area contributed by atoms with Crippen molar-refractivity contribution < 1.29 is 8.42 Å². The van der Waals surface area contributed by atoms with Gasteiger partial charge in [0.2, 0.25) is 10.0 Å². The summed E-state index contributed by atoms with van der Waals surface area (Å²) in [6.45, 7) is 10.5. The molecule has 0 aromatic heterocycles. The van der Waals surface area contributed by atoms with Crippen LogP contribution in [0.25, 0.3) is 10.8 Å². The minimum atomic E-state index is -3.66. The second kappa shape index (κ2) is 15.0. The smallest absolute Gasteiger partial charge is 0.387 e. The van der Waals surface area contributed by atoms with E-state index >= 15 is 0 Å². The van der Waals surface area contributed by atoms with Gasteiger partial charge in [-0.25, -0.2) is 8.42 Å². The van der Waals surface area contributed by atoms with E-state index in [1.807, 2.05) is 19.1 Å². The third kappa shape index (κ3) is 6.53. The number of fused-ring (bicyclic) bond motifs is 1. The molecule has 0 unspecified atom stereocenters. The van der Waals surface area contributed by atoms with E-state index in [0.717, 1.165) is 12.1 Å². The Morgan fingerprint density at radius 2 is 1.22 bits per heavy atom. The molecule has 55 heavy (non-hydrogen) atoms. The van der Waals surface area contributed by atoms with Gasteiger partial charge in [0.05, 0.1) is 4.90 Å². The molecule has 5 aromatic rings. The Labute approximate surface area is 331 Å². The van der Waals surface area contributed by atoms with Gasteiger partial charge < -0.3 is 9.39 Å². The Kier molecular flexibility index (Phi) is 10.1. The van der Waals surface area contributed by atoms with Crippen molar-refractivity contribution in [2.24, 2.45) is 0 Å². The summed E-state index contributed by atoms with van der Waals surface area (Å²) in [7, 11) is -4.21. The first-order chi connectivity index (χ1) is 26.7. The topological polar surface area (TPSA) is 43.9 Å². The molecule has 0 atom stereocenters. The maximum Gasteiger partial charge on any atom is 0.415 e. The zero-order chi connectivity index (χ0) is 37.8. The lowest BCUT2D eigenvalue weighted by Gasteiger charge is -2.53. The van der Waals surface area contributed by atoms with Gasteiger partial charge in [0.15, 0.2) is 0 Å². The summed E-state index contributed by atoms with van der Waals surface area (Å²) >= 11 is 0. The Balaban J connectivity index is 1.27. The van der Waals surface area contributed by atoms with Gasteiger partial charge >= 0.3 is 6.98 Å². The molecule has 284 valence electrons. The largest absolute Gasteiger partial charge is 0.415 e. The summed E-state index contributed by atoms with van der Waals surface area (Å²) in [6, 6.07) is 32.4. The van der Waals surface area contributed by atoms with Crippen LogP contribution in [0.2, 0.25) is 0 Å². The van der Waals surface area contributed by atoms with E-state index < -0.39 is 18.1 Å². The van der Waals surface area contributed by atoms with Crippen LogP contribution >= 0.6 is 8.07 Å². The van der Waals surface area contributed by atoms with Crippen molar-refractivity contribution in [3.8, 4) is 0 Å². The third-order valence-corrected chi connectivity index (χ3v) is 18.8. The van der Waals surface area contributed by atoms with Crippen molar-refractivity contribution in [2.45, 2.75) is 128 Å². The summed E-state index contributed by atoms with van der Waals surface area (Å²) in [5, 5.41) is 2.70. The third-order valence-electron chi connectivity index (χ3n) is 13.5. The van der Waals surface area contributed by atoms with E-state index in [2.05, 4.69) is 96.9 Å². The number of rotatable bonds is 8. The molecule has 5 nitrogen and oxygen atoms in total. The summed E-state index contributed by atoms with van der Waals surface area (Å²) < 4.78 is 33.2. The average molecular weight is 768 g/mol. The number of anilines is 2. The fourth-order valence-corrected chi connectivity index (χ4v) is 15.9. The van der Waals surface area contributed by atoms with Crippen molar-refractivity contribution in [1.29, 1.82) is 0 Å². The van der Waals surface area contributed by atoms with Crippen molar-refractivity contribution in [3.63, 3.8) is 0 Å². The number of hydrogen-bond acceptors (Lipinski definition) is 4. The van der Waals surface area contributed by atoms with Crippen molar-refractivity contribution in [1.82, 2.24) is 4.31 Å². The fraction of sp³-hybridized carbons (Fsp3) is 0.404. The van der Waals surface area contributed by atoms with Gasteiger partial charge in [-0.05, 0) is 141 Å². The highest BCUT2D eigenvalue weighted by Gasteiger charge is 2.49. The molecule has 0 spiro atoms. The minimum Gasteiger partial charge on any atom is -0.387 e. The molecule has 0 bridgehead atoms. The van der Waals surface area contributed by atoms with Crippen molar-refractivity contribution >= 4 is 52.7 Å². The van der Waals surface area contributed by atoms with Crippen LogP contribution in [0.4, 0.5) is 11.4 Å². The molecular weight excluding hydrogens is 712 g/mol. The second-order valence-electron chi connectivity index (χ2n) is 16.8. The molecule has 2 aliphatic carbocycles. The fourth-order valence-electron chi connectivity index (χ4n) is 10.5. The molecule has 0 saturated heterocycles. The lowest BCUT2D eigenvalue weighted by Crippen LogP contribution is -2.63. The van der Waals surface area contributed by atoms with E-state index in [4.69, 9.17) is 0 Å². The molecular formula is C47H55BN3O2PS. The second-order valence-corrected chi connectivity index (χ2v) is 21.4. The van der Waals surface area contributed by atoms with Crippen molar-refractivity contribution in [2.75, 3.05) is 9.39 Å². The molecule has 9 rings (SSSR count). The monoisotopic (exact) mass is 767 g/mol. The van der Waals surface area contributed by atoms with Crippen LogP contribution in [-0.4, -0.2) is 31.0 Å². The van der Waals surface area contributed by atoms with Gasteiger partial charge in [-0.1, -0.05) is 111 Å². The van der Waals surface area contributed by atoms with Crippen LogP contribution in [0.15, 0.2) is 95.9 Å². The van der Waals surface area contributed by atoms with Crippen LogP contribution in [0.5, 0.6) is 0 Å². The van der Waals surface area contributed by atoms with E-state index in [-0.39, 0.29) is 6.98 Å². The predicted molar refractivity (Wildman–Crippen MR) is 233 cm³/mol. The quantitative estimate of drug-likeness (QED) is 0.117. The molecule has 2 saturated carbocycles. The summed E-state index contributed by atoms with van der Waals surface area (Å²) in [5.74, 6) is 0. The zero-order valence-electron chi connectivity index (χ0n) is 33.1. The molecule has 0 N–H and O–H groups in total. The highest BCUT2D eigenvalue weighted by Crippen LogP contribution is 2.62. The number of nitrogens with zero attached hydrogens (tertiary/aromatic N) is 3. The zero-order valence-corrected chi connectivity index (χ0v) is 34.8. The molecule has 2 aliphatic heterocycles. The van der Waals surface area contributed by atoms with Gasteiger partial charge in [-0.15, -0.1) is 0 Å². The summed E-state index contributed by atoms with van der Waals surface area (Å²) in [6.07, 6.45) is 13.4. The first kappa shape index (κ1) is 37.0. The van der Waals surface area contributed by atoms with Gasteiger partial charge in [0, 0.05) is 36.4 Å². The minimum absolute atomic E-state index is 0.0116. The molecule has 8 heteroatoms. The van der Waals surface area contributed by atoms with Crippen molar-refractivity contribution in [3.05, 3.63) is 130 Å². The molecule has 2 fully saturated rings. The molecule has 0 radical (unpaired) electrons. The highest BCUT2D eigenvalue weighted by molar-refractivity contribution is 7.89. The van der Waals surface area contributed by atoms with Crippen LogP contribution in [-0.2, 0) is 29.7 Å². The number of aryl methyl sites for hydroxylation is 1. The van der Waals surface area contributed by atoms with Gasteiger partial charge in [0.25, 0.3) is 0 Å². The summed E-state index contributed by atoms with van der Waals surface area (Å²) in [4.78, 5) is 3.13. The van der Waals surface area contributed by atoms with E-state index in [0.29, 0.717) is 29.3 Å². The molecule has 0 amide bonds. The van der Waals surface area contributed by atoms with E-state index in [1.54, 1.807) is 16.4 Å². The number of benzene rings is 5. The van der Waals surface area contributed by atoms with Crippen LogP contribution in [0, 0.1) is 27.7 Å². The molecule has 4 aliphatic rings. The maximum absolute atomic E-state index is 14.2. The maximum atomic E-state index is 14.2. The highest BCUT2D eigenvalue weighted by atomic mass is 32.2. The van der Waals surface area contributed by atoms with Crippen LogP contribution < -0.4 is 14.9 Å².